The smallest absolute Gasteiger partial charge is 0.350 e. The van der Waals surface area contributed by atoms with Crippen LogP contribution in [0.5, 0.6) is 0 Å². The molecule has 0 bridgehead atoms. The molecular formula is C25H25F3N4O4S. The topological polar surface area (TPSA) is 111 Å². The summed E-state index contributed by atoms with van der Waals surface area (Å²) in [5, 5.41) is 11.6. The van der Waals surface area contributed by atoms with E-state index in [1.54, 1.807) is 0 Å². The van der Waals surface area contributed by atoms with E-state index in [0.29, 0.717) is 31.4 Å². The van der Waals surface area contributed by atoms with Crippen molar-refractivity contribution in [2.24, 2.45) is 5.92 Å². The van der Waals surface area contributed by atoms with Crippen molar-refractivity contribution in [3.05, 3.63) is 65.2 Å². The van der Waals surface area contributed by atoms with E-state index in [0.717, 1.165) is 12.1 Å². The van der Waals surface area contributed by atoms with E-state index in [1.807, 2.05) is 6.07 Å². The predicted molar refractivity (Wildman–Crippen MR) is 126 cm³/mol. The maximum Gasteiger partial charge on any atom is 0.416 e. The Morgan fingerprint density at radius 2 is 1.78 bits per heavy atom. The second-order valence-corrected chi connectivity index (χ2v) is 11.0. The molecule has 2 aliphatic heterocycles. The van der Waals surface area contributed by atoms with E-state index < -0.39 is 39.6 Å². The number of rotatable bonds is 6. The molecule has 2 heterocycles. The minimum atomic E-state index is -4.45. The number of carbonyl (C=O) groups is 2. The number of sulfonamides is 1. The number of nitriles is 1. The number of piperidine rings is 1. The lowest BCUT2D eigenvalue weighted by Gasteiger charge is -2.35. The van der Waals surface area contributed by atoms with Crippen LogP contribution in [-0.4, -0.2) is 55.1 Å². The van der Waals surface area contributed by atoms with Gasteiger partial charge in [0.05, 0.1) is 22.4 Å². The minimum absolute atomic E-state index is 0.00273. The third-order valence-electron chi connectivity index (χ3n) is 6.56. The van der Waals surface area contributed by atoms with Gasteiger partial charge < -0.3 is 10.2 Å². The highest BCUT2D eigenvalue weighted by Crippen LogP contribution is 2.29. The molecule has 4 rings (SSSR count). The third-order valence-corrected chi connectivity index (χ3v) is 8.39. The fraction of sp³-hybridized carbons (Fsp3) is 0.400. The van der Waals surface area contributed by atoms with Crippen LogP contribution in [0.1, 0.15) is 40.7 Å². The van der Waals surface area contributed by atoms with E-state index in [2.05, 4.69) is 5.32 Å². The van der Waals surface area contributed by atoms with Crippen LogP contribution in [0.4, 0.5) is 13.2 Å². The number of likely N-dealkylation sites (tertiary alicyclic amines) is 1. The van der Waals surface area contributed by atoms with Gasteiger partial charge in [-0.1, -0.05) is 18.2 Å². The Morgan fingerprint density at radius 3 is 2.43 bits per heavy atom. The molecule has 1 N–H and O–H groups in total. The number of nitrogens with zero attached hydrogens (tertiary/aromatic N) is 3. The minimum Gasteiger partial charge on any atom is -0.350 e. The Hall–Kier alpha value is -3.43. The second-order valence-electron chi connectivity index (χ2n) is 9.10. The number of halogens is 3. The lowest BCUT2D eigenvalue weighted by Crippen LogP contribution is -2.51. The molecule has 37 heavy (non-hydrogen) atoms. The molecule has 2 amide bonds. The molecule has 0 radical (unpaired) electrons. The zero-order valence-corrected chi connectivity index (χ0v) is 20.6. The number of alkyl halides is 3. The molecule has 2 aliphatic rings. The molecule has 8 nitrogen and oxygen atoms in total. The Morgan fingerprint density at radius 1 is 1.08 bits per heavy atom. The van der Waals surface area contributed by atoms with Gasteiger partial charge in [0.15, 0.2) is 0 Å². The fourth-order valence-corrected chi connectivity index (χ4v) is 5.96. The Balaban J connectivity index is 1.44. The molecule has 2 aromatic carbocycles. The van der Waals surface area contributed by atoms with E-state index in [1.165, 1.54) is 45.6 Å². The van der Waals surface area contributed by atoms with Gasteiger partial charge in [-0.15, -0.1) is 0 Å². The van der Waals surface area contributed by atoms with Crippen molar-refractivity contribution in [2.75, 3.05) is 19.6 Å². The van der Waals surface area contributed by atoms with E-state index in [4.69, 9.17) is 5.26 Å². The van der Waals surface area contributed by atoms with Crippen LogP contribution in [0.3, 0.4) is 0 Å². The summed E-state index contributed by atoms with van der Waals surface area (Å²) in [4.78, 5) is 27.6. The number of hydrogen-bond acceptors (Lipinski definition) is 5. The maximum absolute atomic E-state index is 13.3. The first-order valence-corrected chi connectivity index (χ1v) is 13.2. The standard InChI is InChI=1S/C25H25F3N4O4S/c26-25(27,28)20-9-7-17(8-10-20)14-30-23(33)22-6-1-2-11-32(22)24(34)19-4-3-5-21(12-19)37(35,36)31-15-18(13-29)16-31/h3-5,7-10,12,18,22H,1-2,6,11,14-16H2,(H,30,33). The maximum atomic E-state index is 13.3. The lowest BCUT2D eigenvalue weighted by atomic mass is 9.99. The first-order chi connectivity index (χ1) is 17.5. The molecule has 2 fully saturated rings. The summed E-state index contributed by atoms with van der Waals surface area (Å²) in [6.45, 7) is 0.515. The highest BCUT2D eigenvalue weighted by atomic mass is 32.2. The summed E-state index contributed by atoms with van der Waals surface area (Å²) in [7, 11) is -3.85. The predicted octanol–water partition coefficient (Wildman–Crippen LogP) is 3.16. The van der Waals surface area contributed by atoms with E-state index in [9.17, 15) is 31.2 Å². The highest BCUT2D eigenvalue weighted by Gasteiger charge is 2.38. The van der Waals surface area contributed by atoms with Gasteiger partial charge in [0.1, 0.15) is 6.04 Å². The molecule has 1 atom stereocenters. The van der Waals surface area contributed by atoms with Crippen LogP contribution in [0, 0.1) is 17.2 Å². The monoisotopic (exact) mass is 534 g/mol. The van der Waals surface area contributed by atoms with Gasteiger partial charge in [0.25, 0.3) is 5.91 Å². The number of carbonyl (C=O) groups excluding carboxylic acids is 2. The molecule has 2 aromatic rings. The van der Waals surface area contributed by atoms with Crippen molar-refractivity contribution in [3.63, 3.8) is 0 Å². The van der Waals surface area contributed by atoms with Crippen molar-refractivity contribution >= 4 is 21.8 Å². The van der Waals surface area contributed by atoms with Crippen molar-refractivity contribution in [1.82, 2.24) is 14.5 Å². The van der Waals surface area contributed by atoms with Gasteiger partial charge in [-0.25, -0.2) is 8.42 Å². The van der Waals surface area contributed by atoms with Crippen LogP contribution in [-0.2, 0) is 27.5 Å². The molecule has 1 unspecified atom stereocenters. The number of benzene rings is 2. The van der Waals surface area contributed by atoms with E-state index in [-0.39, 0.29) is 36.0 Å². The van der Waals surface area contributed by atoms with Gasteiger partial charge in [0.2, 0.25) is 15.9 Å². The van der Waals surface area contributed by atoms with Gasteiger partial charge in [-0.05, 0) is 55.2 Å². The summed E-state index contributed by atoms with van der Waals surface area (Å²) in [5.74, 6) is -1.26. The van der Waals surface area contributed by atoms with Crippen LogP contribution in [0.25, 0.3) is 0 Å². The van der Waals surface area contributed by atoms with Crippen LogP contribution >= 0.6 is 0 Å². The first-order valence-electron chi connectivity index (χ1n) is 11.8. The second kappa shape index (κ2) is 10.5. The molecule has 12 heteroatoms. The summed E-state index contributed by atoms with van der Waals surface area (Å²) in [5.41, 5.74) is -0.173. The van der Waals surface area contributed by atoms with E-state index >= 15 is 0 Å². The first kappa shape index (κ1) is 26.6. The average Bonchev–Trinajstić information content (AvgIpc) is 2.86. The lowest BCUT2D eigenvalue weighted by molar-refractivity contribution is -0.137. The molecular weight excluding hydrogens is 509 g/mol. The van der Waals surface area contributed by atoms with Crippen LogP contribution in [0.2, 0.25) is 0 Å². The number of amides is 2. The summed E-state index contributed by atoms with van der Waals surface area (Å²) in [6, 6.07) is 11.3. The summed E-state index contributed by atoms with van der Waals surface area (Å²) in [6.07, 6.45) is -2.65. The highest BCUT2D eigenvalue weighted by molar-refractivity contribution is 7.89. The Bertz CT molecular complexity index is 1320. The fourth-order valence-electron chi connectivity index (χ4n) is 4.39. The van der Waals surface area contributed by atoms with Crippen molar-refractivity contribution < 1.29 is 31.2 Å². The van der Waals surface area contributed by atoms with Gasteiger partial charge in [0, 0.05) is 31.7 Å². The molecule has 2 saturated heterocycles. The van der Waals surface area contributed by atoms with Crippen molar-refractivity contribution in [1.29, 1.82) is 5.26 Å². The molecule has 0 saturated carbocycles. The zero-order chi connectivity index (χ0) is 26.8. The van der Waals surface area contributed by atoms with Crippen molar-refractivity contribution in [3.8, 4) is 6.07 Å². The molecule has 196 valence electrons. The van der Waals surface area contributed by atoms with Gasteiger partial charge in [-0.2, -0.15) is 22.7 Å². The largest absolute Gasteiger partial charge is 0.416 e. The van der Waals surface area contributed by atoms with Crippen LogP contribution < -0.4 is 5.32 Å². The average molecular weight is 535 g/mol. The van der Waals surface area contributed by atoms with Gasteiger partial charge >= 0.3 is 6.18 Å². The van der Waals surface area contributed by atoms with Crippen LogP contribution in [0.15, 0.2) is 53.4 Å². The molecule has 0 spiro atoms. The molecule has 0 aliphatic carbocycles. The Labute approximate surface area is 212 Å². The Kier molecular flexibility index (Phi) is 7.57. The quantitative estimate of drug-likeness (QED) is 0.612. The zero-order valence-electron chi connectivity index (χ0n) is 19.7. The van der Waals surface area contributed by atoms with Gasteiger partial charge in [-0.3, -0.25) is 9.59 Å². The normalized spacial score (nSPS) is 19.1. The SMILES string of the molecule is N#CC1CN(S(=O)(=O)c2cccc(C(=O)N3CCCCC3C(=O)NCc3ccc(C(F)(F)F)cc3)c2)C1. The number of nitrogens with one attached hydrogen (secondary N) is 1. The van der Waals surface area contributed by atoms with Crippen molar-refractivity contribution in [2.45, 2.75) is 42.9 Å². The molecule has 0 aromatic heterocycles. The summed E-state index contributed by atoms with van der Waals surface area (Å²) >= 11 is 0. The number of hydrogen-bond donors (Lipinski definition) is 1. The summed E-state index contributed by atoms with van der Waals surface area (Å²) < 4.78 is 65.2. The third kappa shape index (κ3) is 5.78.